The lowest BCUT2D eigenvalue weighted by Crippen LogP contribution is -1.98. The second-order valence-electron chi connectivity index (χ2n) is 4.80. The Morgan fingerprint density at radius 3 is 2.59 bits per heavy atom. The van der Waals surface area contributed by atoms with E-state index < -0.39 is 0 Å². The lowest BCUT2D eigenvalue weighted by molar-refractivity contribution is 0.163. The Labute approximate surface area is 105 Å². The first-order chi connectivity index (χ1) is 8.24. The molecule has 0 bridgehead atoms. The predicted octanol–water partition coefficient (Wildman–Crippen LogP) is 4.17. The molecule has 2 heteroatoms. The summed E-state index contributed by atoms with van der Waals surface area (Å²) in [6, 6.07) is 3.89. The van der Waals surface area contributed by atoms with Gasteiger partial charge in [-0.3, -0.25) is 4.98 Å². The number of aromatic nitrogens is 1. The topological polar surface area (TPSA) is 33.1 Å². The molecule has 1 aromatic heterocycles. The van der Waals surface area contributed by atoms with Crippen molar-refractivity contribution in [3.8, 4) is 0 Å². The molecule has 1 rings (SSSR count). The van der Waals surface area contributed by atoms with Crippen LogP contribution in [0.15, 0.2) is 18.3 Å². The number of hydrogen-bond acceptors (Lipinski definition) is 2. The van der Waals surface area contributed by atoms with E-state index in [1.165, 1.54) is 32.1 Å². The summed E-state index contributed by atoms with van der Waals surface area (Å²) in [6.07, 6.45) is 9.95. The van der Waals surface area contributed by atoms with Gasteiger partial charge >= 0.3 is 0 Å². The number of aliphatic hydroxyl groups is 1. The zero-order chi connectivity index (χ0) is 12.5. The van der Waals surface area contributed by atoms with Gasteiger partial charge in [-0.25, -0.2) is 0 Å². The second kappa shape index (κ2) is 8.24. The van der Waals surface area contributed by atoms with Gasteiger partial charge in [0.15, 0.2) is 0 Å². The summed E-state index contributed by atoms with van der Waals surface area (Å²) in [4.78, 5) is 4.14. The first-order valence-electron chi connectivity index (χ1n) is 6.84. The van der Waals surface area contributed by atoms with Crippen LogP contribution in [0.1, 0.15) is 69.2 Å². The van der Waals surface area contributed by atoms with Crippen LogP contribution in [0.4, 0.5) is 0 Å². The first kappa shape index (κ1) is 14.2. The highest BCUT2D eigenvalue weighted by Crippen LogP contribution is 2.20. The van der Waals surface area contributed by atoms with E-state index in [1.807, 2.05) is 19.1 Å². The van der Waals surface area contributed by atoms with Crippen LogP contribution in [0.3, 0.4) is 0 Å². The zero-order valence-electron chi connectivity index (χ0n) is 11.2. The van der Waals surface area contributed by atoms with Gasteiger partial charge in [0.2, 0.25) is 0 Å². The van der Waals surface area contributed by atoms with Gasteiger partial charge in [-0.1, -0.05) is 45.4 Å². The van der Waals surface area contributed by atoms with E-state index in [0.717, 1.165) is 24.1 Å². The molecule has 96 valence electrons. The van der Waals surface area contributed by atoms with E-state index in [2.05, 4.69) is 11.9 Å². The minimum Gasteiger partial charge on any atom is -0.388 e. The van der Waals surface area contributed by atoms with Gasteiger partial charge < -0.3 is 5.11 Å². The molecule has 2 nitrogen and oxygen atoms in total. The van der Waals surface area contributed by atoms with Crippen LogP contribution in [-0.2, 0) is 0 Å². The third-order valence-corrected chi connectivity index (χ3v) is 3.14. The summed E-state index contributed by atoms with van der Waals surface area (Å²) in [7, 11) is 0. The van der Waals surface area contributed by atoms with Gasteiger partial charge in [-0.05, 0) is 31.0 Å². The standard InChI is InChI=1S/C15H25NO/c1-3-4-5-6-7-8-9-15(17)14-10-11-16-13(2)12-14/h10-12,15,17H,3-9H2,1-2H3. The molecule has 0 saturated heterocycles. The van der Waals surface area contributed by atoms with Crippen molar-refractivity contribution in [2.24, 2.45) is 0 Å². The molecule has 0 aliphatic rings. The Kier molecular flexibility index (Phi) is 6.87. The predicted molar refractivity (Wildman–Crippen MR) is 71.9 cm³/mol. The molecule has 0 radical (unpaired) electrons. The van der Waals surface area contributed by atoms with Crippen molar-refractivity contribution in [1.82, 2.24) is 4.98 Å². The smallest absolute Gasteiger partial charge is 0.0791 e. The van der Waals surface area contributed by atoms with Crippen molar-refractivity contribution < 1.29 is 5.11 Å². The van der Waals surface area contributed by atoms with Gasteiger partial charge in [0.1, 0.15) is 0 Å². The molecular weight excluding hydrogens is 210 g/mol. The Bertz CT molecular complexity index is 312. The Morgan fingerprint density at radius 1 is 1.18 bits per heavy atom. The maximum atomic E-state index is 10.0. The van der Waals surface area contributed by atoms with Crippen LogP contribution in [0, 0.1) is 6.92 Å². The van der Waals surface area contributed by atoms with Crippen LogP contribution in [0.5, 0.6) is 0 Å². The third-order valence-electron chi connectivity index (χ3n) is 3.14. The van der Waals surface area contributed by atoms with E-state index >= 15 is 0 Å². The van der Waals surface area contributed by atoms with E-state index in [4.69, 9.17) is 0 Å². The van der Waals surface area contributed by atoms with Crippen LogP contribution >= 0.6 is 0 Å². The lowest BCUT2D eigenvalue weighted by atomic mass is 10.0. The number of nitrogens with zero attached hydrogens (tertiary/aromatic N) is 1. The molecule has 1 heterocycles. The number of pyridine rings is 1. The molecule has 0 saturated carbocycles. The average molecular weight is 235 g/mol. The number of aryl methyl sites for hydroxylation is 1. The average Bonchev–Trinajstić information content (AvgIpc) is 2.33. The minimum absolute atomic E-state index is 0.317. The Hall–Kier alpha value is -0.890. The molecule has 0 aliphatic heterocycles. The second-order valence-corrected chi connectivity index (χ2v) is 4.80. The molecule has 0 spiro atoms. The molecule has 1 atom stereocenters. The maximum absolute atomic E-state index is 10.0. The number of hydrogen-bond donors (Lipinski definition) is 1. The fourth-order valence-electron chi connectivity index (χ4n) is 2.06. The molecule has 0 aliphatic carbocycles. The molecule has 0 amide bonds. The van der Waals surface area contributed by atoms with Crippen LogP contribution < -0.4 is 0 Å². The van der Waals surface area contributed by atoms with Gasteiger partial charge in [0.05, 0.1) is 6.10 Å². The summed E-state index contributed by atoms with van der Waals surface area (Å²) in [5.74, 6) is 0. The molecular formula is C15H25NO. The van der Waals surface area contributed by atoms with Crippen LogP contribution in [-0.4, -0.2) is 10.1 Å². The SMILES string of the molecule is CCCCCCCCC(O)c1ccnc(C)c1. The van der Waals surface area contributed by atoms with E-state index in [9.17, 15) is 5.11 Å². The summed E-state index contributed by atoms with van der Waals surface area (Å²) in [6.45, 7) is 4.19. The van der Waals surface area contributed by atoms with Gasteiger partial charge in [0.25, 0.3) is 0 Å². The highest BCUT2D eigenvalue weighted by Gasteiger charge is 2.07. The molecule has 0 fully saturated rings. The van der Waals surface area contributed by atoms with Crippen molar-refractivity contribution in [2.75, 3.05) is 0 Å². The van der Waals surface area contributed by atoms with Crippen molar-refractivity contribution in [3.05, 3.63) is 29.6 Å². The Balaban J connectivity index is 2.19. The summed E-state index contributed by atoms with van der Waals surface area (Å²) in [5.41, 5.74) is 1.98. The number of aliphatic hydroxyl groups excluding tert-OH is 1. The van der Waals surface area contributed by atoms with Crippen LogP contribution in [0.2, 0.25) is 0 Å². The highest BCUT2D eigenvalue weighted by atomic mass is 16.3. The number of rotatable bonds is 8. The number of unbranched alkanes of at least 4 members (excludes halogenated alkanes) is 5. The quantitative estimate of drug-likeness (QED) is 0.686. The van der Waals surface area contributed by atoms with E-state index in [0.29, 0.717) is 0 Å². The highest BCUT2D eigenvalue weighted by molar-refractivity contribution is 5.17. The van der Waals surface area contributed by atoms with Crippen molar-refractivity contribution in [1.29, 1.82) is 0 Å². The van der Waals surface area contributed by atoms with Crippen LogP contribution in [0.25, 0.3) is 0 Å². The minimum atomic E-state index is -0.317. The lowest BCUT2D eigenvalue weighted by Gasteiger charge is -2.11. The maximum Gasteiger partial charge on any atom is 0.0791 e. The Morgan fingerprint density at radius 2 is 1.88 bits per heavy atom. The van der Waals surface area contributed by atoms with E-state index in [-0.39, 0.29) is 6.10 Å². The molecule has 1 aromatic rings. The van der Waals surface area contributed by atoms with Gasteiger partial charge in [-0.2, -0.15) is 0 Å². The van der Waals surface area contributed by atoms with E-state index in [1.54, 1.807) is 6.20 Å². The monoisotopic (exact) mass is 235 g/mol. The van der Waals surface area contributed by atoms with Crippen molar-refractivity contribution in [2.45, 2.75) is 64.9 Å². The molecule has 17 heavy (non-hydrogen) atoms. The normalized spacial score (nSPS) is 12.6. The zero-order valence-corrected chi connectivity index (χ0v) is 11.2. The van der Waals surface area contributed by atoms with Gasteiger partial charge in [0, 0.05) is 11.9 Å². The fourth-order valence-corrected chi connectivity index (χ4v) is 2.06. The van der Waals surface area contributed by atoms with Crippen molar-refractivity contribution in [3.63, 3.8) is 0 Å². The first-order valence-corrected chi connectivity index (χ1v) is 6.84. The fraction of sp³-hybridized carbons (Fsp3) is 0.667. The molecule has 1 N–H and O–H groups in total. The van der Waals surface area contributed by atoms with Crippen molar-refractivity contribution >= 4 is 0 Å². The summed E-state index contributed by atoms with van der Waals surface area (Å²) >= 11 is 0. The largest absolute Gasteiger partial charge is 0.388 e. The third kappa shape index (κ3) is 5.83. The molecule has 1 unspecified atom stereocenters. The summed E-state index contributed by atoms with van der Waals surface area (Å²) < 4.78 is 0. The van der Waals surface area contributed by atoms with Gasteiger partial charge in [-0.15, -0.1) is 0 Å². The summed E-state index contributed by atoms with van der Waals surface area (Å²) in [5, 5.41) is 10.0. The molecule has 0 aromatic carbocycles.